The summed E-state index contributed by atoms with van der Waals surface area (Å²) in [6, 6.07) is 0. The Labute approximate surface area is 84.1 Å². The Hall–Kier alpha value is -0.830. The fourth-order valence-electron chi connectivity index (χ4n) is 2.39. The Balaban J connectivity index is 2.07. The van der Waals surface area contributed by atoms with E-state index in [0.29, 0.717) is 18.6 Å². The number of hydrogen-bond donors (Lipinski definition) is 0. The van der Waals surface area contributed by atoms with Crippen LogP contribution in [0.15, 0.2) is 11.6 Å². The van der Waals surface area contributed by atoms with Gasteiger partial charge in [0.2, 0.25) is 0 Å². The zero-order valence-corrected chi connectivity index (χ0v) is 8.49. The minimum atomic E-state index is -0.255. The number of esters is 1. The van der Waals surface area contributed by atoms with E-state index in [4.69, 9.17) is 4.74 Å². The molecule has 1 saturated carbocycles. The molecule has 3 heteroatoms. The summed E-state index contributed by atoms with van der Waals surface area (Å²) < 4.78 is 10.3. The Morgan fingerprint density at radius 2 is 2.29 bits per heavy atom. The van der Waals surface area contributed by atoms with Crippen molar-refractivity contribution >= 4 is 5.97 Å². The maximum Gasteiger partial charge on any atom is 0.330 e. The van der Waals surface area contributed by atoms with Crippen LogP contribution in [0.1, 0.15) is 25.7 Å². The molecule has 0 bridgehead atoms. The zero-order valence-electron chi connectivity index (χ0n) is 8.49. The molecule has 2 rings (SSSR count). The normalized spacial score (nSPS) is 34.2. The van der Waals surface area contributed by atoms with Crippen molar-refractivity contribution in [2.45, 2.75) is 31.8 Å². The summed E-state index contributed by atoms with van der Waals surface area (Å²) in [5.41, 5.74) is 1.13. The fraction of sp³-hybridized carbons (Fsp3) is 0.727. The second kappa shape index (κ2) is 4.13. The van der Waals surface area contributed by atoms with E-state index in [1.54, 1.807) is 6.08 Å². The van der Waals surface area contributed by atoms with Crippen LogP contribution in [0, 0.1) is 5.92 Å². The molecule has 2 atom stereocenters. The highest BCUT2D eigenvalue weighted by molar-refractivity contribution is 5.82. The Bertz CT molecular complexity index is 257. The van der Waals surface area contributed by atoms with Crippen molar-refractivity contribution in [3.05, 3.63) is 11.6 Å². The Kier molecular flexibility index (Phi) is 2.87. The third kappa shape index (κ3) is 1.82. The molecule has 0 amide bonds. The van der Waals surface area contributed by atoms with Gasteiger partial charge in [-0.3, -0.25) is 0 Å². The average molecular weight is 196 g/mol. The van der Waals surface area contributed by atoms with Crippen molar-refractivity contribution in [3.63, 3.8) is 0 Å². The van der Waals surface area contributed by atoms with Crippen molar-refractivity contribution in [2.24, 2.45) is 5.92 Å². The van der Waals surface area contributed by atoms with Gasteiger partial charge in [-0.1, -0.05) is 12.8 Å². The molecule has 0 radical (unpaired) electrons. The molecule has 2 aliphatic rings. The lowest BCUT2D eigenvalue weighted by molar-refractivity contribution is -0.134. The summed E-state index contributed by atoms with van der Waals surface area (Å²) in [4.78, 5) is 11.1. The van der Waals surface area contributed by atoms with Gasteiger partial charge in [0, 0.05) is 12.0 Å². The van der Waals surface area contributed by atoms with E-state index in [0.717, 1.165) is 18.4 Å². The van der Waals surface area contributed by atoms with Gasteiger partial charge in [0.15, 0.2) is 0 Å². The first-order valence-electron chi connectivity index (χ1n) is 5.21. The second-order valence-corrected chi connectivity index (χ2v) is 3.98. The van der Waals surface area contributed by atoms with Crippen LogP contribution in [0.2, 0.25) is 0 Å². The maximum absolute atomic E-state index is 11.1. The number of methoxy groups -OCH3 is 1. The number of carbonyl (C=O) groups excluding carboxylic acids is 1. The number of ether oxygens (including phenoxy) is 2. The first-order valence-corrected chi connectivity index (χ1v) is 5.21. The molecule has 1 aliphatic carbocycles. The summed E-state index contributed by atoms with van der Waals surface area (Å²) in [5.74, 6) is 0.220. The standard InChI is InChI=1S/C11H16O3/c1-13-11(12)6-8-7-14-10-5-3-2-4-9(8)10/h6,9-10H,2-5,7H2,1H3/b8-6+/t9-,10-/m0/s1. The molecule has 1 aliphatic heterocycles. The third-order valence-corrected chi connectivity index (χ3v) is 3.15. The first-order chi connectivity index (χ1) is 6.81. The predicted molar refractivity (Wildman–Crippen MR) is 51.8 cm³/mol. The molecule has 0 aromatic rings. The van der Waals surface area contributed by atoms with E-state index in [9.17, 15) is 4.79 Å². The number of hydrogen-bond acceptors (Lipinski definition) is 3. The third-order valence-electron chi connectivity index (χ3n) is 3.15. The van der Waals surface area contributed by atoms with Crippen LogP contribution in [0.25, 0.3) is 0 Å². The van der Waals surface area contributed by atoms with E-state index < -0.39 is 0 Å². The number of carbonyl (C=O) groups is 1. The molecule has 14 heavy (non-hydrogen) atoms. The highest BCUT2D eigenvalue weighted by Crippen LogP contribution is 2.37. The number of rotatable bonds is 1. The molecule has 2 fully saturated rings. The van der Waals surface area contributed by atoms with Crippen LogP contribution >= 0.6 is 0 Å². The molecule has 0 aromatic carbocycles. The van der Waals surface area contributed by atoms with E-state index in [1.165, 1.54) is 20.0 Å². The van der Waals surface area contributed by atoms with Gasteiger partial charge in [-0.05, 0) is 18.4 Å². The SMILES string of the molecule is COC(=O)/C=C1\CO[C@H]2CCCC[C@@H]12. The summed E-state index contributed by atoms with van der Waals surface area (Å²) in [7, 11) is 1.41. The van der Waals surface area contributed by atoms with Gasteiger partial charge >= 0.3 is 5.97 Å². The van der Waals surface area contributed by atoms with E-state index in [2.05, 4.69) is 4.74 Å². The molecule has 0 aromatic heterocycles. The Morgan fingerprint density at radius 3 is 3.07 bits per heavy atom. The van der Waals surface area contributed by atoms with Crippen LogP contribution < -0.4 is 0 Å². The lowest BCUT2D eigenvalue weighted by atomic mass is 9.83. The summed E-state index contributed by atoms with van der Waals surface area (Å²) in [5, 5.41) is 0. The molecule has 0 unspecified atom stereocenters. The van der Waals surface area contributed by atoms with Gasteiger partial charge < -0.3 is 9.47 Å². The second-order valence-electron chi connectivity index (χ2n) is 3.98. The van der Waals surface area contributed by atoms with Crippen molar-refractivity contribution in [1.29, 1.82) is 0 Å². The van der Waals surface area contributed by atoms with Crippen LogP contribution in [0.3, 0.4) is 0 Å². The van der Waals surface area contributed by atoms with Crippen molar-refractivity contribution in [3.8, 4) is 0 Å². The van der Waals surface area contributed by atoms with Gasteiger partial charge in [-0.15, -0.1) is 0 Å². The van der Waals surface area contributed by atoms with Crippen LogP contribution in [0.4, 0.5) is 0 Å². The molecular formula is C11H16O3. The summed E-state index contributed by atoms with van der Waals surface area (Å²) in [6.07, 6.45) is 6.78. The van der Waals surface area contributed by atoms with Crippen LogP contribution in [0.5, 0.6) is 0 Å². The van der Waals surface area contributed by atoms with E-state index >= 15 is 0 Å². The topological polar surface area (TPSA) is 35.5 Å². The Morgan fingerprint density at radius 1 is 1.50 bits per heavy atom. The highest BCUT2D eigenvalue weighted by atomic mass is 16.5. The molecule has 78 valence electrons. The quantitative estimate of drug-likeness (QED) is 0.473. The lowest BCUT2D eigenvalue weighted by Crippen LogP contribution is -2.21. The van der Waals surface area contributed by atoms with Gasteiger partial charge in [0.1, 0.15) is 0 Å². The predicted octanol–water partition coefficient (Wildman–Crippen LogP) is 1.67. The van der Waals surface area contributed by atoms with Gasteiger partial charge in [-0.2, -0.15) is 0 Å². The van der Waals surface area contributed by atoms with Gasteiger partial charge in [0.05, 0.1) is 19.8 Å². The summed E-state index contributed by atoms with van der Waals surface area (Å²) >= 11 is 0. The molecule has 1 heterocycles. The van der Waals surface area contributed by atoms with Crippen molar-refractivity contribution in [2.75, 3.05) is 13.7 Å². The first kappa shape index (κ1) is 9.71. The van der Waals surface area contributed by atoms with Gasteiger partial charge in [-0.25, -0.2) is 4.79 Å². The molecule has 0 N–H and O–H groups in total. The monoisotopic (exact) mass is 196 g/mol. The highest BCUT2D eigenvalue weighted by Gasteiger charge is 2.34. The maximum atomic E-state index is 11.1. The molecule has 0 spiro atoms. The van der Waals surface area contributed by atoms with Gasteiger partial charge in [0.25, 0.3) is 0 Å². The number of fused-ring (bicyclic) bond motifs is 1. The molecule has 1 saturated heterocycles. The van der Waals surface area contributed by atoms with Crippen LogP contribution in [-0.4, -0.2) is 25.8 Å². The smallest absolute Gasteiger partial charge is 0.330 e. The minimum absolute atomic E-state index is 0.255. The van der Waals surface area contributed by atoms with Crippen molar-refractivity contribution in [1.82, 2.24) is 0 Å². The fourth-order valence-corrected chi connectivity index (χ4v) is 2.39. The van der Waals surface area contributed by atoms with E-state index in [1.807, 2.05) is 0 Å². The molecule has 3 nitrogen and oxygen atoms in total. The minimum Gasteiger partial charge on any atom is -0.466 e. The largest absolute Gasteiger partial charge is 0.466 e. The van der Waals surface area contributed by atoms with E-state index in [-0.39, 0.29) is 5.97 Å². The van der Waals surface area contributed by atoms with Crippen LogP contribution in [-0.2, 0) is 14.3 Å². The molecular weight excluding hydrogens is 180 g/mol. The zero-order chi connectivity index (χ0) is 9.97. The lowest BCUT2D eigenvalue weighted by Gasteiger charge is -2.23. The average Bonchev–Trinajstić information content (AvgIpc) is 2.62. The summed E-state index contributed by atoms with van der Waals surface area (Å²) in [6.45, 7) is 0.616. The van der Waals surface area contributed by atoms with Crippen molar-refractivity contribution < 1.29 is 14.3 Å².